The maximum absolute atomic E-state index is 13.2. The van der Waals surface area contributed by atoms with Gasteiger partial charge in [-0.3, -0.25) is 4.79 Å². The summed E-state index contributed by atoms with van der Waals surface area (Å²) in [5.74, 6) is 0.299. The zero-order valence-electron chi connectivity index (χ0n) is 17.2. The molecule has 0 saturated heterocycles. The second-order valence-electron chi connectivity index (χ2n) is 7.79. The number of hydrogen-bond acceptors (Lipinski definition) is 5. The number of fused-ring (bicyclic) bond motifs is 1. The van der Waals surface area contributed by atoms with Crippen molar-refractivity contribution in [2.75, 3.05) is 13.6 Å². The molecule has 6 nitrogen and oxygen atoms in total. The minimum Gasteiger partial charge on any atom is -0.342 e. The van der Waals surface area contributed by atoms with Gasteiger partial charge in [-0.05, 0) is 32.3 Å². The molecule has 0 fully saturated rings. The molecule has 0 saturated carbocycles. The van der Waals surface area contributed by atoms with Gasteiger partial charge in [0.05, 0.1) is 22.3 Å². The van der Waals surface area contributed by atoms with Crippen molar-refractivity contribution < 1.29 is 9.32 Å². The molecular formula is C22H28N4O2. The number of pyridine rings is 1. The average Bonchev–Trinajstić information content (AvgIpc) is 3.06. The first-order valence-electron chi connectivity index (χ1n) is 9.63. The molecule has 6 heteroatoms. The van der Waals surface area contributed by atoms with Gasteiger partial charge in [0.15, 0.2) is 0 Å². The highest BCUT2D eigenvalue weighted by atomic mass is 16.5. The van der Waals surface area contributed by atoms with Crippen LogP contribution in [0.25, 0.3) is 22.4 Å². The number of amides is 1. The van der Waals surface area contributed by atoms with E-state index < -0.39 is 0 Å². The molecule has 1 aromatic carbocycles. The molecule has 2 aromatic heterocycles. The lowest BCUT2D eigenvalue weighted by atomic mass is 10.0. The molecule has 28 heavy (non-hydrogen) atoms. The highest BCUT2D eigenvalue weighted by Gasteiger charge is 2.22. The van der Waals surface area contributed by atoms with Crippen LogP contribution in [-0.2, 0) is 0 Å². The Hall–Kier alpha value is -2.73. The second-order valence-corrected chi connectivity index (χ2v) is 7.79. The van der Waals surface area contributed by atoms with Crippen LogP contribution in [0, 0.1) is 19.8 Å². The largest absolute Gasteiger partial charge is 0.342 e. The van der Waals surface area contributed by atoms with Gasteiger partial charge in [-0.2, -0.15) is 0 Å². The predicted octanol–water partition coefficient (Wildman–Crippen LogP) is 3.95. The Labute approximate surface area is 165 Å². The number of carbonyl (C=O) groups is 1. The lowest BCUT2D eigenvalue weighted by Crippen LogP contribution is -2.34. The van der Waals surface area contributed by atoms with Crippen molar-refractivity contribution in [1.82, 2.24) is 15.0 Å². The highest BCUT2D eigenvalue weighted by molar-refractivity contribution is 6.06. The van der Waals surface area contributed by atoms with E-state index in [4.69, 9.17) is 10.3 Å². The first-order valence-corrected chi connectivity index (χ1v) is 9.63. The molecule has 1 atom stereocenters. The van der Waals surface area contributed by atoms with Gasteiger partial charge in [0.2, 0.25) is 0 Å². The number of aryl methyl sites for hydroxylation is 2. The van der Waals surface area contributed by atoms with Crippen LogP contribution in [0.3, 0.4) is 0 Å². The fraction of sp³-hybridized carbons (Fsp3) is 0.409. The van der Waals surface area contributed by atoms with Gasteiger partial charge >= 0.3 is 0 Å². The van der Waals surface area contributed by atoms with E-state index in [1.807, 2.05) is 44.2 Å². The summed E-state index contributed by atoms with van der Waals surface area (Å²) in [7, 11) is 1.80. The van der Waals surface area contributed by atoms with E-state index in [0.717, 1.165) is 17.5 Å². The Bertz CT molecular complexity index is 976. The van der Waals surface area contributed by atoms with Gasteiger partial charge in [-0.15, -0.1) is 0 Å². The van der Waals surface area contributed by atoms with Gasteiger partial charge in [-0.1, -0.05) is 48.8 Å². The number of hydrogen-bond donors (Lipinski definition) is 1. The number of nitrogens with zero attached hydrogens (tertiary/aromatic N) is 3. The number of carbonyl (C=O) groups excluding carboxylic acids is 1. The number of rotatable bonds is 6. The molecule has 0 radical (unpaired) electrons. The Morgan fingerprint density at radius 1 is 1.21 bits per heavy atom. The van der Waals surface area contributed by atoms with E-state index in [9.17, 15) is 4.79 Å². The first kappa shape index (κ1) is 20.0. The third kappa shape index (κ3) is 4.07. The van der Waals surface area contributed by atoms with Gasteiger partial charge in [0.25, 0.3) is 11.6 Å². The summed E-state index contributed by atoms with van der Waals surface area (Å²) in [4.78, 5) is 19.5. The number of benzene rings is 1. The Morgan fingerprint density at radius 3 is 2.54 bits per heavy atom. The normalized spacial score (nSPS) is 12.5. The molecule has 0 bridgehead atoms. The molecule has 0 aliphatic rings. The van der Waals surface area contributed by atoms with Crippen LogP contribution in [-0.4, -0.2) is 40.6 Å². The first-order chi connectivity index (χ1) is 13.3. The van der Waals surface area contributed by atoms with Gasteiger partial charge < -0.3 is 15.2 Å². The van der Waals surface area contributed by atoms with Crippen LogP contribution in [0.15, 0.2) is 34.9 Å². The predicted molar refractivity (Wildman–Crippen MR) is 111 cm³/mol. The molecular weight excluding hydrogens is 352 g/mol. The number of nitrogens with two attached hydrogens (primary N) is 1. The average molecular weight is 380 g/mol. The molecule has 0 aliphatic heterocycles. The summed E-state index contributed by atoms with van der Waals surface area (Å²) in [5.41, 5.74) is 10.5. The van der Waals surface area contributed by atoms with Crippen LogP contribution < -0.4 is 5.73 Å². The van der Waals surface area contributed by atoms with Crippen molar-refractivity contribution in [1.29, 1.82) is 0 Å². The van der Waals surface area contributed by atoms with E-state index in [1.54, 1.807) is 11.9 Å². The molecule has 0 aliphatic carbocycles. The van der Waals surface area contributed by atoms with Gasteiger partial charge in [-0.25, -0.2) is 4.98 Å². The van der Waals surface area contributed by atoms with E-state index in [2.05, 4.69) is 24.0 Å². The molecule has 0 spiro atoms. The lowest BCUT2D eigenvalue weighted by Gasteiger charge is -2.22. The van der Waals surface area contributed by atoms with Crippen molar-refractivity contribution in [3.8, 4) is 11.3 Å². The molecule has 2 heterocycles. The number of aromatic nitrogens is 2. The highest BCUT2D eigenvalue weighted by Crippen LogP contribution is 2.28. The van der Waals surface area contributed by atoms with Crippen LogP contribution in [0.4, 0.5) is 0 Å². The molecule has 2 N–H and O–H groups in total. The monoisotopic (exact) mass is 380 g/mol. The maximum Gasteiger partial charge on any atom is 0.259 e. The molecule has 1 unspecified atom stereocenters. The Kier molecular flexibility index (Phi) is 5.79. The van der Waals surface area contributed by atoms with Gasteiger partial charge in [0.1, 0.15) is 0 Å². The fourth-order valence-electron chi connectivity index (χ4n) is 3.12. The van der Waals surface area contributed by atoms with Gasteiger partial charge in [0, 0.05) is 25.2 Å². The van der Waals surface area contributed by atoms with E-state index in [-0.39, 0.29) is 11.9 Å². The lowest BCUT2D eigenvalue weighted by molar-refractivity contribution is 0.0791. The van der Waals surface area contributed by atoms with E-state index in [0.29, 0.717) is 40.5 Å². The second kappa shape index (κ2) is 8.10. The standard InChI is InChI=1S/C22H28N4O2/c1-13(2)18(23)10-11-26(5)22(27)17-12-19(16-8-6-14(3)7-9-16)24-21-20(17)15(4)25-28-21/h6-9,12-13,18H,10-11,23H2,1-5H3. The summed E-state index contributed by atoms with van der Waals surface area (Å²) in [6.45, 7) is 8.63. The smallest absolute Gasteiger partial charge is 0.259 e. The topological polar surface area (TPSA) is 85.2 Å². The Balaban J connectivity index is 1.97. The van der Waals surface area contributed by atoms with Crippen LogP contribution in [0.5, 0.6) is 0 Å². The van der Waals surface area contributed by atoms with Crippen molar-refractivity contribution in [3.05, 3.63) is 47.2 Å². The van der Waals surface area contributed by atoms with Crippen LogP contribution in [0.2, 0.25) is 0 Å². The SMILES string of the molecule is Cc1ccc(-c2cc(C(=O)N(C)CCC(N)C(C)C)c3c(C)noc3n2)cc1. The fourth-order valence-corrected chi connectivity index (χ4v) is 3.12. The minimum atomic E-state index is -0.0805. The zero-order chi connectivity index (χ0) is 20.4. The third-order valence-electron chi connectivity index (χ3n) is 5.20. The summed E-state index contributed by atoms with van der Waals surface area (Å²) >= 11 is 0. The van der Waals surface area contributed by atoms with E-state index >= 15 is 0 Å². The summed E-state index contributed by atoms with van der Waals surface area (Å²) in [6, 6.07) is 9.92. The maximum atomic E-state index is 13.2. The van der Waals surface area contributed by atoms with Crippen molar-refractivity contribution >= 4 is 17.0 Å². The summed E-state index contributed by atoms with van der Waals surface area (Å²) < 4.78 is 5.38. The third-order valence-corrected chi connectivity index (χ3v) is 5.20. The van der Waals surface area contributed by atoms with Crippen LogP contribution in [0.1, 0.15) is 41.9 Å². The summed E-state index contributed by atoms with van der Waals surface area (Å²) in [6.07, 6.45) is 0.752. The zero-order valence-corrected chi connectivity index (χ0v) is 17.2. The Morgan fingerprint density at radius 2 is 1.89 bits per heavy atom. The van der Waals surface area contributed by atoms with Crippen molar-refractivity contribution in [2.45, 2.75) is 40.2 Å². The molecule has 3 rings (SSSR count). The van der Waals surface area contributed by atoms with Crippen molar-refractivity contribution in [2.24, 2.45) is 11.7 Å². The molecule has 3 aromatic rings. The van der Waals surface area contributed by atoms with Crippen molar-refractivity contribution in [3.63, 3.8) is 0 Å². The van der Waals surface area contributed by atoms with Crippen LogP contribution >= 0.6 is 0 Å². The quantitative estimate of drug-likeness (QED) is 0.700. The summed E-state index contributed by atoms with van der Waals surface area (Å²) in [5, 5.41) is 4.68. The molecule has 1 amide bonds. The minimum absolute atomic E-state index is 0.0631. The van der Waals surface area contributed by atoms with E-state index in [1.165, 1.54) is 0 Å². The molecule has 148 valence electrons.